The Balaban J connectivity index is 1.64. The molecule has 2 aromatic carbocycles. The third-order valence-electron chi connectivity index (χ3n) is 4.98. The number of anilines is 2. The van der Waals surface area contributed by atoms with Crippen molar-refractivity contribution in [2.75, 3.05) is 16.8 Å². The van der Waals surface area contributed by atoms with Crippen LogP contribution in [0.3, 0.4) is 0 Å². The minimum Gasteiger partial charge on any atom is -0.326 e. The van der Waals surface area contributed by atoms with Crippen LogP contribution < -0.4 is 14.9 Å². The van der Waals surface area contributed by atoms with Gasteiger partial charge in [-0.05, 0) is 62.2 Å². The van der Waals surface area contributed by atoms with Crippen LogP contribution >= 0.6 is 0 Å². The fraction of sp³-hybridized carbons (Fsp3) is 0.364. The van der Waals surface area contributed by atoms with Gasteiger partial charge in [0.05, 0.1) is 10.8 Å². The highest BCUT2D eigenvalue weighted by molar-refractivity contribution is 7.89. The van der Waals surface area contributed by atoms with Crippen molar-refractivity contribution in [3.8, 4) is 0 Å². The molecule has 3 rings (SSSR count). The van der Waals surface area contributed by atoms with Gasteiger partial charge in [0.2, 0.25) is 21.8 Å². The van der Waals surface area contributed by atoms with E-state index in [9.17, 15) is 18.0 Å². The molecule has 0 saturated carbocycles. The smallest absolute Gasteiger partial charge is 0.240 e. The van der Waals surface area contributed by atoms with E-state index in [1.165, 1.54) is 17.7 Å². The number of hydrogen-bond acceptors (Lipinski definition) is 4. The van der Waals surface area contributed by atoms with Crippen molar-refractivity contribution in [2.45, 2.75) is 44.6 Å². The predicted octanol–water partition coefficient (Wildman–Crippen LogP) is 2.93. The Bertz CT molecular complexity index is 1020. The van der Waals surface area contributed by atoms with Crippen LogP contribution in [0.1, 0.15) is 32.8 Å². The van der Waals surface area contributed by atoms with E-state index in [0.717, 1.165) is 12.1 Å². The standard InChI is InChI=1S/C22H27N3O4S/c1-4-16-5-9-19(10-6-16)25-14-17(13-21(25)26)22(27)23-18-7-11-20(12-8-18)30(28,29)24-15(2)3/h5-12,15,17,24H,4,13-14H2,1-3H3,(H,23,27). The van der Waals surface area contributed by atoms with Crippen molar-refractivity contribution in [3.63, 3.8) is 0 Å². The Kier molecular flexibility index (Phi) is 6.58. The van der Waals surface area contributed by atoms with E-state index < -0.39 is 15.9 Å². The molecule has 7 nitrogen and oxygen atoms in total. The third kappa shape index (κ3) is 5.06. The van der Waals surface area contributed by atoms with Gasteiger partial charge in [-0.25, -0.2) is 13.1 Å². The Labute approximate surface area is 177 Å². The van der Waals surface area contributed by atoms with Gasteiger partial charge in [0.1, 0.15) is 0 Å². The third-order valence-corrected chi connectivity index (χ3v) is 6.65. The summed E-state index contributed by atoms with van der Waals surface area (Å²) in [6.45, 7) is 5.88. The molecule has 2 amide bonds. The molecule has 1 aliphatic heterocycles. The first-order chi connectivity index (χ1) is 14.2. The number of carbonyl (C=O) groups excluding carboxylic acids is 2. The molecule has 1 fully saturated rings. The summed E-state index contributed by atoms with van der Waals surface area (Å²) in [5.41, 5.74) is 2.47. The van der Waals surface area contributed by atoms with E-state index in [0.29, 0.717) is 12.2 Å². The number of amides is 2. The molecule has 0 aromatic heterocycles. The summed E-state index contributed by atoms with van der Waals surface area (Å²) in [6, 6.07) is 13.6. The second-order valence-corrected chi connectivity index (χ2v) is 9.43. The van der Waals surface area contributed by atoms with Crippen LogP contribution in [-0.4, -0.2) is 32.8 Å². The van der Waals surface area contributed by atoms with Crippen molar-refractivity contribution in [2.24, 2.45) is 5.92 Å². The van der Waals surface area contributed by atoms with Crippen LogP contribution in [0.2, 0.25) is 0 Å². The van der Waals surface area contributed by atoms with Gasteiger partial charge in [-0.3, -0.25) is 9.59 Å². The summed E-state index contributed by atoms with van der Waals surface area (Å²) in [5.74, 6) is -0.804. The first kappa shape index (κ1) is 22.0. The molecule has 0 bridgehead atoms. The molecule has 1 heterocycles. The summed E-state index contributed by atoms with van der Waals surface area (Å²) in [4.78, 5) is 26.8. The molecular weight excluding hydrogens is 402 g/mol. The average molecular weight is 430 g/mol. The number of nitrogens with zero attached hydrogens (tertiary/aromatic N) is 1. The van der Waals surface area contributed by atoms with Gasteiger partial charge in [-0.1, -0.05) is 19.1 Å². The van der Waals surface area contributed by atoms with Crippen LogP contribution in [-0.2, 0) is 26.0 Å². The zero-order valence-electron chi connectivity index (χ0n) is 17.4. The van der Waals surface area contributed by atoms with Gasteiger partial charge in [-0.2, -0.15) is 0 Å². The van der Waals surface area contributed by atoms with Crippen LogP contribution in [0, 0.1) is 5.92 Å². The number of carbonyl (C=O) groups is 2. The van der Waals surface area contributed by atoms with Crippen LogP contribution in [0.25, 0.3) is 0 Å². The summed E-state index contributed by atoms with van der Waals surface area (Å²) in [7, 11) is -3.58. The van der Waals surface area contributed by atoms with Gasteiger partial charge in [0.25, 0.3) is 0 Å². The second kappa shape index (κ2) is 8.97. The normalized spacial score (nSPS) is 16.9. The van der Waals surface area contributed by atoms with Crippen LogP contribution in [0.5, 0.6) is 0 Å². The first-order valence-electron chi connectivity index (χ1n) is 10.0. The van der Waals surface area contributed by atoms with E-state index >= 15 is 0 Å². The molecule has 8 heteroatoms. The number of aryl methyl sites for hydroxylation is 1. The van der Waals surface area contributed by atoms with E-state index in [1.54, 1.807) is 30.9 Å². The molecule has 1 unspecified atom stereocenters. The number of sulfonamides is 1. The lowest BCUT2D eigenvalue weighted by molar-refractivity contribution is -0.122. The van der Waals surface area contributed by atoms with E-state index in [1.807, 2.05) is 24.3 Å². The highest BCUT2D eigenvalue weighted by atomic mass is 32.2. The van der Waals surface area contributed by atoms with Crippen molar-refractivity contribution >= 4 is 33.2 Å². The lowest BCUT2D eigenvalue weighted by Crippen LogP contribution is -2.30. The van der Waals surface area contributed by atoms with Gasteiger partial charge in [-0.15, -0.1) is 0 Å². The summed E-state index contributed by atoms with van der Waals surface area (Å²) < 4.78 is 26.9. The van der Waals surface area contributed by atoms with E-state index in [2.05, 4.69) is 17.0 Å². The van der Waals surface area contributed by atoms with Crippen molar-refractivity contribution in [3.05, 3.63) is 54.1 Å². The molecule has 0 spiro atoms. The quantitative estimate of drug-likeness (QED) is 0.707. The van der Waals surface area contributed by atoms with Crippen LogP contribution in [0.15, 0.2) is 53.4 Å². The topological polar surface area (TPSA) is 95.6 Å². The monoisotopic (exact) mass is 429 g/mol. The fourth-order valence-electron chi connectivity index (χ4n) is 3.38. The highest BCUT2D eigenvalue weighted by Gasteiger charge is 2.35. The second-order valence-electron chi connectivity index (χ2n) is 7.72. The Morgan fingerprint density at radius 1 is 1.10 bits per heavy atom. The van der Waals surface area contributed by atoms with E-state index in [4.69, 9.17) is 0 Å². The molecule has 160 valence electrons. The largest absolute Gasteiger partial charge is 0.326 e. The lowest BCUT2D eigenvalue weighted by Gasteiger charge is -2.17. The van der Waals surface area contributed by atoms with Crippen LogP contribution in [0.4, 0.5) is 11.4 Å². The number of nitrogens with one attached hydrogen (secondary N) is 2. The number of rotatable bonds is 7. The molecule has 0 radical (unpaired) electrons. The Hall–Kier alpha value is -2.71. The minimum atomic E-state index is -3.58. The molecule has 1 saturated heterocycles. The number of benzene rings is 2. The van der Waals surface area contributed by atoms with Gasteiger partial charge in [0, 0.05) is 30.4 Å². The van der Waals surface area contributed by atoms with Crippen molar-refractivity contribution < 1.29 is 18.0 Å². The minimum absolute atomic E-state index is 0.0828. The van der Waals surface area contributed by atoms with E-state index in [-0.39, 0.29) is 29.2 Å². The molecule has 2 N–H and O–H groups in total. The average Bonchev–Trinajstić information content (AvgIpc) is 3.09. The molecule has 1 aliphatic rings. The molecular formula is C22H27N3O4S. The molecule has 30 heavy (non-hydrogen) atoms. The summed E-state index contributed by atoms with van der Waals surface area (Å²) in [6.07, 6.45) is 1.07. The Morgan fingerprint density at radius 2 is 1.73 bits per heavy atom. The zero-order valence-corrected chi connectivity index (χ0v) is 18.2. The Morgan fingerprint density at radius 3 is 2.30 bits per heavy atom. The van der Waals surface area contributed by atoms with Crippen molar-refractivity contribution in [1.82, 2.24) is 4.72 Å². The maximum atomic E-state index is 12.6. The fourth-order valence-corrected chi connectivity index (χ4v) is 4.64. The maximum Gasteiger partial charge on any atom is 0.240 e. The SMILES string of the molecule is CCc1ccc(N2CC(C(=O)Nc3ccc(S(=O)(=O)NC(C)C)cc3)CC2=O)cc1. The predicted molar refractivity (Wildman–Crippen MR) is 117 cm³/mol. The van der Waals surface area contributed by atoms with Gasteiger partial charge >= 0.3 is 0 Å². The molecule has 2 aromatic rings. The van der Waals surface area contributed by atoms with Gasteiger partial charge in [0.15, 0.2) is 0 Å². The maximum absolute atomic E-state index is 12.6. The highest BCUT2D eigenvalue weighted by Crippen LogP contribution is 2.26. The summed E-state index contributed by atoms with van der Waals surface area (Å²) >= 11 is 0. The van der Waals surface area contributed by atoms with Crippen molar-refractivity contribution in [1.29, 1.82) is 0 Å². The molecule has 0 aliphatic carbocycles. The molecule has 1 atom stereocenters. The lowest BCUT2D eigenvalue weighted by atomic mass is 10.1. The first-order valence-corrected chi connectivity index (χ1v) is 11.5. The zero-order chi connectivity index (χ0) is 21.9. The summed E-state index contributed by atoms with van der Waals surface area (Å²) in [5, 5.41) is 2.78. The number of hydrogen-bond donors (Lipinski definition) is 2. The van der Waals surface area contributed by atoms with Gasteiger partial charge < -0.3 is 10.2 Å².